The monoisotopic (exact) mass is 261 g/mol. The van der Waals surface area contributed by atoms with Gasteiger partial charge >= 0.3 is 5.97 Å². The number of aryl methyl sites for hydroxylation is 2. The summed E-state index contributed by atoms with van der Waals surface area (Å²) in [5, 5.41) is 9.03. The van der Waals surface area contributed by atoms with E-state index in [1.807, 2.05) is 0 Å². The number of carboxylic acid groups (broad SMARTS) is 1. The summed E-state index contributed by atoms with van der Waals surface area (Å²) < 4.78 is 30.4. The number of aromatic carboxylic acids is 1. The van der Waals surface area contributed by atoms with E-state index >= 15 is 0 Å². The summed E-state index contributed by atoms with van der Waals surface area (Å²) in [7, 11) is -2.42. The second-order valence-corrected chi connectivity index (χ2v) is 5.62. The Morgan fingerprint density at radius 1 is 1.35 bits per heavy atom. The molecule has 96 valence electrons. The van der Waals surface area contributed by atoms with Gasteiger partial charge in [0.1, 0.15) is 22.0 Å². The highest BCUT2D eigenvalue weighted by Crippen LogP contribution is 2.28. The lowest BCUT2D eigenvalue weighted by atomic mass is 10.2. The molecule has 7 heteroatoms. The molecule has 0 atom stereocenters. The van der Waals surface area contributed by atoms with Crippen molar-refractivity contribution in [1.82, 2.24) is 4.31 Å². The molecule has 0 aliphatic rings. The molecule has 1 aromatic heterocycles. The maximum absolute atomic E-state index is 12.1. The van der Waals surface area contributed by atoms with Crippen LogP contribution in [0.15, 0.2) is 9.31 Å². The van der Waals surface area contributed by atoms with Gasteiger partial charge in [0.05, 0.1) is 0 Å². The van der Waals surface area contributed by atoms with Crippen LogP contribution >= 0.6 is 0 Å². The zero-order valence-electron chi connectivity index (χ0n) is 10.1. The first-order valence-corrected chi connectivity index (χ1v) is 6.47. The zero-order chi connectivity index (χ0) is 13.4. The van der Waals surface area contributed by atoms with Gasteiger partial charge in [0.2, 0.25) is 10.0 Å². The molecule has 0 bridgehead atoms. The highest BCUT2D eigenvalue weighted by Gasteiger charge is 2.32. The van der Waals surface area contributed by atoms with E-state index in [9.17, 15) is 13.2 Å². The third kappa shape index (κ3) is 2.20. The lowest BCUT2D eigenvalue weighted by molar-refractivity contribution is 0.0691. The molecule has 0 saturated carbocycles. The second-order valence-electron chi connectivity index (χ2n) is 3.64. The third-order valence-corrected chi connectivity index (χ3v) is 4.62. The van der Waals surface area contributed by atoms with Crippen LogP contribution in [-0.2, 0) is 10.0 Å². The van der Waals surface area contributed by atoms with Gasteiger partial charge in [-0.25, -0.2) is 17.5 Å². The minimum absolute atomic E-state index is 0.0954. The largest absolute Gasteiger partial charge is 0.478 e. The number of rotatable bonds is 4. The Labute approximate surface area is 99.9 Å². The normalized spacial score (nSPS) is 12.1. The zero-order valence-corrected chi connectivity index (χ0v) is 11.0. The second kappa shape index (κ2) is 4.50. The van der Waals surface area contributed by atoms with Crippen LogP contribution in [-0.4, -0.2) is 37.4 Å². The van der Waals surface area contributed by atoms with Gasteiger partial charge in [-0.05, 0) is 13.8 Å². The Kier molecular flexibility index (Phi) is 3.63. The molecular weight excluding hydrogens is 246 g/mol. The first kappa shape index (κ1) is 13.7. The predicted octanol–water partition coefficient (Wildman–Crippen LogP) is 1.24. The first-order chi connectivity index (χ1) is 7.73. The van der Waals surface area contributed by atoms with Crippen LogP contribution in [0.4, 0.5) is 0 Å². The molecule has 0 aliphatic heterocycles. The van der Waals surface area contributed by atoms with Crippen molar-refractivity contribution >= 4 is 16.0 Å². The molecule has 6 nitrogen and oxygen atoms in total. The van der Waals surface area contributed by atoms with Crippen LogP contribution < -0.4 is 0 Å². The fourth-order valence-corrected chi connectivity index (χ4v) is 3.09. The van der Waals surface area contributed by atoms with Crippen molar-refractivity contribution in [2.45, 2.75) is 25.7 Å². The smallest absolute Gasteiger partial charge is 0.340 e. The van der Waals surface area contributed by atoms with E-state index in [4.69, 9.17) is 9.52 Å². The van der Waals surface area contributed by atoms with Gasteiger partial charge in [0.25, 0.3) is 0 Å². The Hall–Kier alpha value is -1.34. The first-order valence-electron chi connectivity index (χ1n) is 5.03. The maximum Gasteiger partial charge on any atom is 0.340 e. The van der Waals surface area contributed by atoms with E-state index < -0.39 is 16.0 Å². The number of hydrogen-bond acceptors (Lipinski definition) is 4. The van der Waals surface area contributed by atoms with Crippen molar-refractivity contribution in [3.8, 4) is 0 Å². The summed E-state index contributed by atoms with van der Waals surface area (Å²) in [6.45, 7) is 4.79. The average Bonchev–Trinajstić information content (AvgIpc) is 2.52. The lowest BCUT2D eigenvalue weighted by Gasteiger charge is -2.14. The minimum Gasteiger partial charge on any atom is -0.478 e. The molecule has 1 heterocycles. The summed E-state index contributed by atoms with van der Waals surface area (Å²) in [6, 6.07) is 0. The van der Waals surface area contributed by atoms with Crippen LogP contribution in [0.5, 0.6) is 0 Å². The van der Waals surface area contributed by atoms with E-state index in [0.29, 0.717) is 0 Å². The molecule has 0 fully saturated rings. The molecule has 0 saturated heterocycles. The van der Waals surface area contributed by atoms with Crippen molar-refractivity contribution < 1.29 is 22.7 Å². The van der Waals surface area contributed by atoms with Gasteiger partial charge in [-0.3, -0.25) is 0 Å². The summed E-state index contributed by atoms with van der Waals surface area (Å²) in [4.78, 5) is 10.8. The van der Waals surface area contributed by atoms with Crippen LogP contribution in [0.3, 0.4) is 0 Å². The Morgan fingerprint density at radius 2 is 1.88 bits per heavy atom. The summed E-state index contributed by atoms with van der Waals surface area (Å²) in [6.07, 6.45) is 0. The van der Waals surface area contributed by atoms with E-state index in [2.05, 4.69) is 0 Å². The highest BCUT2D eigenvalue weighted by molar-refractivity contribution is 7.89. The van der Waals surface area contributed by atoms with Crippen molar-refractivity contribution in [2.24, 2.45) is 0 Å². The summed E-state index contributed by atoms with van der Waals surface area (Å²) >= 11 is 0. The van der Waals surface area contributed by atoms with Gasteiger partial charge in [0.15, 0.2) is 0 Å². The quantitative estimate of drug-likeness (QED) is 0.880. The number of hydrogen-bond donors (Lipinski definition) is 1. The lowest BCUT2D eigenvalue weighted by Crippen LogP contribution is -2.28. The molecule has 1 aromatic rings. The van der Waals surface area contributed by atoms with Crippen LogP contribution in [0.25, 0.3) is 0 Å². The third-order valence-electron chi connectivity index (χ3n) is 2.53. The van der Waals surface area contributed by atoms with E-state index in [1.165, 1.54) is 20.9 Å². The predicted molar refractivity (Wildman–Crippen MR) is 60.6 cm³/mol. The Bertz CT molecular complexity index is 543. The van der Waals surface area contributed by atoms with Crippen LogP contribution in [0, 0.1) is 13.8 Å². The number of carbonyl (C=O) groups is 1. The van der Waals surface area contributed by atoms with Crippen molar-refractivity contribution in [3.63, 3.8) is 0 Å². The summed E-state index contributed by atoms with van der Waals surface area (Å²) in [5.74, 6) is -1.11. The van der Waals surface area contributed by atoms with Gasteiger partial charge in [0, 0.05) is 13.6 Å². The number of furan rings is 1. The molecule has 17 heavy (non-hydrogen) atoms. The number of sulfonamides is 1. The van der Waals surface area contributed by atoms with E-state index in [-0.39, 0.29) is 28.5 Å². The van der Waals surface area contributed by atoms with Gasteiger partial charge in [-0.15, -0.1) is 0 Å². The average molecular weight is 261 g/mol. The molecule has 0 aliphatic carbocycles. The Morgan fingerprint density at radius 3 is 2.29 bits per heavy atom. The van der Waals surface area contributed by atoms with Gasteiger partial charge < -0.3 is 9.52 Å². The molecule has 0 unspecified atom stereocenters. The summed E-state index contributed by atoms with van der Waals surface area (Å²) in [5.41, 5.74) is -0.289. The van der Waals surface area contributed by atoms with Gasteiger partial charge in [-0.2, -0.15) is 0 Å². The number of nitrogens with zero attached hydrogens (tertiary/aromatic N) is 1. The molecular formula is C10H15NO5S. The fraction of sp³-hybridized carbons (Fsp3) is 0.500. The molecule has 0 aromatic carbocycles. The molecule has 0 radical (unpaired) electrons. The Balaban J connectivity index is 3.57. The van der Waals surface area contributed by atoms with Crippen LogP contribution in [0.1, 0.15) is 28.8 Å². The maximum atomic E-state index is 12.1. The molecule has 1 rings (SSSR count). The standard InChI is InChI=1S/C10H15NO5S/c1-5-11(4)17(14,15)9-7(3)16-6(2)8(9)10(12)13/h5H2,1-4H3,(H,12,13). The van der Waals surface area contributed by atoms with Crippen LogP contribution in [0.2, 0.25) is 0 Å². The minimum atomic E-state index is -3.82. The van der Waals surface area contributed by atoms with E-state index in [1.54, 1.807) is 6.92 Å². The topological polar surface area (TPSA) is 87.8 Å². The molecule has 1 N–H and O–H groups in total. The van der Waals surface area contributed by atoms with Crippen molar-refractivity contribution in [2.75, 3.05) is 13.6 Å². The van der Waals surface area contributed by atoms with Crippen molar-refractivity contribution in [1.29, 1.82) is 0 Å². The number of carboxylic acids is 1. The SMILES string of the molecule is CCN(C)S(=O)(=O)c1c(C)oc(C)c1C(=O)O. The van der Waals surface area contributed by atoms with Crippen molar-refractivity contribution in [3.05, 3.63) is 17.1 Å². The fourth-order valence-electron chi connectivity index (χ4n) is 1.55. The molecule has 0 spiro atoms. The van der Waals surface area contributed by atoms with E-state index in [0.717, 1.165) is 4.31 Å². The highest BCUT2D eigenvalue weighted by atomic mass is 32.2. The molecule has 0 amide bonds. The van der Waals surface area contributed by atoms with Gasteiger partial charge in [-0.1, -0.05) is 6.92 Å².